The van der Waals surface area contributed by atoms with Crippen molar-refractivity contribution in [1.82, 2.24) is 15.5 Å². The lowest BCUT2D eigenvalue weighted by atomic mass is 9.85. The van der Waals surface area contributed by atoms with Crippen molar-refractivity contribution in [2.75, 3.05) is 6.54 Å². The highest BCUT2D eigenvalue weighted by Gasteiger charge is 2.27. The summed E-state index contributed by atoms with van der Waals surface area (Å²) >= 11 is 0. The molecule has 2 rings (SSSR count). The van der Waals surface area contributed by atoms with Gasteiger partial charge in [0.05, 0.1) is 6.10 Å². The van der Waals surface area contributed by atoms with E-state index < -0.39 is 0 Å². The first-order chi connectivity index (χ1) is 10.7. The molecule has 1 aliphatic rings. The normalized spacial score (nSPS) is 23.9. The van der Waals surface area contributed by atoms with Gasteiger partial charge >= 0.3 is 0 Å². The molecule has 1 atom stereocenters. The zero-order valence-corrected chi connectivity index (χ0v) is 14.2. The fraction of sp³-hybridized carbons (Fsp3) is 0.882. The largest absolute Gasteiger partial charge is 0.392 e. The van der Waals surface area contributed by atoms with Crippen LogP contribution in [0.4, 0.5) is 0 Å². The molecule has 0 spiro atoms. The number of aromatic nitrogens is 2. The van der Waals surface area contributed by atoms with Crippen LogP contribution in [0.25, 0.3) is 0 Å². The summed E-state index contributed by atoms with van der Waals surface area (Å²) in [5.74, 6) is 2.44. The molecule has 0 bridgehead atoms. The molecule has 2 N–H and O–H groups in total. The number of nitrogens with one attached hydrogen (secondary N) is 1. The van der Waals surface area contributed by atoms with E-state index in [1.54, 1.807) is 0 Å². The highest BCUT2D eigenvalue weighted by molar-refractivity contribution is 4.97. The van der Waals surface area contributed by atoms with E-state index in [-0.39, 0.29) is 6.10 Å². The van der Waals surface area contributed by atoms with E-state index in [1.165, 1.54) is 0 Å². The molecule has 5 heteroatoms. The first-order valence-electron chi connectivity index (χ1n) is 8.91. The molecular formula is C17H31N3O2. The number of nitrogens with zero attached hydrogens (tertiary/aromatic N) is 2. The Labute approximate surface area is 133 Å². The maximum atomic E-state index is 10.2. The molecule has 1 saturated carbocycles. The predicted molar refractivity (Wildman–Crippen MR) is 86.8 cm³/mol. The van der Waals surface area contributed by atoms with Gasteiger partial charge in [-0.1, -0.05) is 38.8 Å². The number of aliphatic hydroxyl groups excluding tert-OH is 1. The Morgan fingerprint density at radius 3 is 2.41 bits per heavy atom. The van der Waals surface area contributed by atoms with Crippen LogP contribution in [-0.4, -0.2) is 33.9 Å². The van der Waals surface area contributed by atoms with Gasteiger partial charge in [0, 0.05) is 24.9 Å². The van der Waals surface area contributed by atoms with Gasteiger partial charge in [-0.2, -0.15) is 4.98 Å². The van der Waals surface area contributed by atoms with Crippen molar-refractivity contribution in [2.24, 2.45) is 5.92 Å². The van der Waals surface area contributed by atoms with Gasteiger partial charge in [-0.05, 0) is 31.6 Å². The Morgan fingerprint density at radius 1 is 1.18 bits per heavy atom. The second-order valence-corrected chi connectivity index (χ2v) is 6.50. The summed E-state index contributed by atoms with van der Waals surface area (Å²) in [7, 11) is 0. The van der Waals surface area contributed by atoms with Crippen molar-refractivity contribution in [1.29, 1.82) is 0 Å². The van der Waals surface area contributed by atoms with Gasteiger partial charge in [0.1, 0.15) is 0 Å². The van der Waals surface area contributed by atoms with Crippen LogP contribution in [0.3, 0.4) is 0 Å². The van der Waals surface area contributed by atoms with Gasteiger partial charge in [-0.25, -0.2) is 0 Å². The van der Waals surface area contributed by atoms with E-state index in [4.69, 9.17) is 4.52 Å². The molecule has 0 aromatic carbocycles. The van der Waals surface area contributed by atoms with Crippen molar-refractivity contribution >= 4 is 0 Å². The number of hydrogen-bond acceptors (Lipinski definition) is 5. The van der Waals surface area contributed by atoms with E-state index in [2.05, 4.69) is 29.3 Å². The highest BCUT2D eigenvalue weighted by Crippen LogP contribution is 2.32. The lowest BCUT2D eigenvalue weighted by Gasteiger charge is -2.29. The third-order valence-corrected chi connectivity index (χ3v) is 5.09. The number of aliphatic hydroxyl groups is 1. The van der Waals surface area contributed by atoms with Crippen LogP contribution in [0.2, 0.25) is 0 Å². The molecule has 126 valence electrons. The average Bonchev–Trinajstić information content (AvgIpc) is 3.03. The molecule has 1 heterocycles. The molecule has 0 saturated heterocycles. The summed E-state index contributed by atoms with van der Waals surface area (Å²) in [5.41, 5.74) is 0. The van der Waals surface area contributed by atoms with Crippen LogP contribution in [0.15, 0.2) is 4.52 Å². The maximum absolute atomic E-state index is 10.2. The topological polar surface area (TPSA) is 71.2 Å². The average molecular weight is 309 g/mol. The highest BCUT2D eigenvalue weighted by atomic mass is 16.5. The zero-order valence-electron chi connectivity index (χ0n) is 14.2. The van der Waals surface area contributed by atoms with Crippen LogP contribution >= 0.6 is 0 Å². The van der Waals surface area contributed by atoms with Crippen molar-refractivity contribution < 1.29 is 9.63 Å². The third kappa shape index (κ3) is 4.53. The SMILES string of the molecule is CCc1noc(C2CCC(NCC(O)C(CC)CC)CC2)n1. The zero-order chi connectivity index (χ0) is 15.9. The van der Waals surface area contributed by atoms with E-state index in [9.17, 15) is 5.11 Å². The quantitative estimate of drug-likeness (QED) is 0.772. The second kappa shape index (κ2) is 8.63. The summed E-state index contributed by atoms with van der Waals surface area (Å²) in [6.45, 7) is 7.05. The lowest BCUT2D eigenvalue weighted by molar-refractivity contribution is 0.0957. The summed E-state index contributed by atoms with van der Waals surface area (Å²) in [6, 6.07) is 0.508. The predicted octanol–water partition coefficient (Wildman–Crippen LogP) is 3.04. The molecule has 0 amide bonds. The van der Waals surface area contributed by atoms with Crippen molar-refractivity contribution in [3.05, 3.63) is 11.7 Å². The molecular weight excluding hydrogens is 278 g/mol. The van der Waals surface area contributed by atoms with Gasteiger partial charge in [0.25, 0.3) is 0 Å². The Kier molecular flexibility index (Phi) is 6.83. The number of rotatable bonds is 8. The van der Waals surface area contributed by atoms with Crippen LogP contribution < -0.4 is 5.32 Å². The van der Waals surface area contributed by atoms with E-state index in [1.807, 2.05) is 6.92 Å². The van der Waals surface area contributed by atoms with Crippen molar-refractivity contribution in [3.63, 3.8) is 0 Å². The van der Waals surface area contributed by atoms with Gasteiger partial charge in [0.2, 0.25) is 5.89 Å². The number of hydrogen-bond donors (Lipinski definition) is 2. The summed E-state index contributed by atoms with van der Waals surface area (Å²) in [6.07, 6.45) is 7.10. The standard InChI is InChI=1S/C17H31N3O2/c1-4-12(5-2)15(21)11-18-14-9-7-13(8-10-14)17-19-16(6-3)20-22-17/h12-15,18,21H,4-11H2,1-3H3. The van der Waals surface area contributed by atoms with Gasteiger partial charge in [0.15, 0.2) is 5.82 Å². The van der Waals surface area contributed by atoms with Gasteiger partial charge in [-0.3, -0.25) is 0 Å². The first kappa shape index (κ1) is 17.4. The Bertz CT molecular complexity index is 423. The monoisotopic (exact) mass is 309 g/mol. The Hall–Kier alpha value is -0.940. The van der Waals surface area contributed by atoms with Gasteiger partial charge < -0.3 is 14.9 Å². The smallest absolute Gasteiger partial charge is 0.229 e. The summed E-state index contributed by atoms with van der Waals surface area (Å²) < 4.78 is 5.37. The third-order valence-electron chi connectivity index (χ3n) is 5.09. The molecule has 5 nitrogen and oxygen atoms in total. The molecule has 1 unspecified atom stereocenters. The molecule has 1 aromatic rings. The summed E-state index contributed by atoms with van der Waals surface area (Å²) in [4.78, 5) is 4.46. The minimum Gasteiger partial charge on any atom is -0.392 e. The van der Waals surface area contributed by atoms with Crippen LogP contribution in [0.1, 0.15) is 76.9 Å². The molecule has 1 aliphatic carbocycles. The molecule has 0 radical (unpaired) electrons. The van der Waals surface area contributed by atoms with E-state index >= 15 is 0 Å². The molecule has 0 aliphatic heterocycles. The molecule has 1 fully saturated rings. The van der Waals surface area contributed by atoms with Gasteiger partial charge in [-0.15, -0.1) is 0 Å². The minimum absolute atomic E-state index is 0.226. The van der Waals surface area contributed by atoms with Crippen molar-refractivity contribution in [2.45, 2.75) is 83.8 Å². The van der Waals surface area contributed by atoms with E-state index in [0.717, 1.165) is 56.7 Å². The molecule has 1 aromatic heterocycles. The van der Waals surface area contributed by atoms with E-state index in [0.29, 0.717) is 24.4 Å². The van der Waals surface area contributed by atoms with Crippen LogP contribution in [0, 0.1) is 5.92 Å². The fourth-order valence-corrected chi connectivity index (χ4v) is 3.41. The summed E-state index contributed by atoms with van der Waals surface area (Å²) in [5, 5.41) is 17.7. The maximum Gasteiger partial charge on any atom is 0.229 e. The van der Waals surface area contributed by atoms with Crippen LogP contribution in [0.5, 0.6) is 0 Å². The van der Waals surface area contributed by atoms with Crippen LogP contribution in [-0.2, 0) is 6.42 Å². The Balaban J connectivity index is 1.73. The fourth-order valence-electron chi connectivity index (χ4n) is 3.41. The van der Waals surface area contributed by atoms with Crippen molar-refractivity contribution in [3.8, 4) is 0 Å². The first-order valence-corrected chi connectivity index (χ1v) is 8.91. The minimum atomic E-state index is -0.226. The second-order valence-electron chi connectivity index (χ2n) is 6.50. The lowest BCUT2D eigenvalue weighted by Crippen LogP contribution is -2.40. The molecule has 22 heavy (non-hydrogen) atoms. The Morgan fingerprint density at radius 2 is 1.86 bits per heavy atom. The number of aryl methyl sites for hydroxylation is 1.